The maximum atomic E-state index is 13.9. The van der Waals surface area contributed by atoms with Gasteiger partial charge in [-0.05, 0) is 55.3 Å². The van der Waals surface area contributed by atoms with Crippen LogP contribution < -0.4 is 15.4 Å². The van der Waals surface area contributed by atoms with Gasteiger partial charge in [0.15, 0.2) is 0 Å². The predicted molar refractivity (Wildman–Crippen MR) is 99.6 cm³/mol. The Balaban J connectivity index is 1.61. The lowest BCUT2D eigenvalue weighted by atomic mass is 10.2. The van der Waals surface area contributed by atoms with Gasteiger partial charge in [0, 0.05) is 24.8 Å². The molecule has 1 fully saturated rings. The summed E-state index contributed by atoms with van der Waals surface area (Å²) in [7, 11) is 0. The van der Waals surface area contributed by atoms with Crippen LogP contribution in [0, 0.1) is 5.82 Å². The van der Waals surface area contributed by atoms with Gasteiger partial charge in [-0.2, -0.15) is 0 Å². The zero-order valence-corrected chi connectivity index (χ0v) is 15.0. The zero-order chi connectivity index (χ0) is 19.2. The van der Waals surface area contributed by atoms with Crippen LogP contribution in [0.2, 0.25) is 0 Å². The van der Waals surface area contributed by atoms with E-state index in [4.69, 9.17) is 9.47 Å². The van der Waals surface area contributed by atoms with E-state index in [2.05, 4.69) is 10.6 Å². The molecule has 7 heteroatoms. The molecule has 1 atom stereocenters. The number of hydrogen-bond donors (Lipinski definition) is 2. The van der Waals surface area contributed by atoms with Crippen LogP contribution in [0.1, 0.15) is 30.1 Å². The third kappa shape index (κ3) is 5.27. The lowest BCUT2D eigenvalue weighted by Crippen LogP contribution is -2.16. The SMILES string of the molecule is CC(=O)Nc1ccc(F)c(NC(=O)c2ccc(OC[C@H]3CCCO3)cc2)c1. The second-order valence-electron chi connectivity index (χ2n) is 6.30. The van der Waals surface area contributed by atoms with Gasteiger partial charge in [-0.25, -0.2) is 4.39 Å². The van der Waals surface area contributed by atoms with Gasteiger partial charge in [-0.3, -0.25) is 9.59 Å². The van der Waals surface area contributed by atoms with Gasteiger partial charge in [0.1, 0.15) is 18.2 Å². The highest BCUT2D eigenvalue weighted by Crippen LogP contribution is 2.21. The molecule has 1 saturated heterocycles. The highest BCUT2D eigenvalue weighted by Gasteiger charge is 2.16. The number of halogens is 1. The van der Waals surface area contributed by atoms with Gasteiger partial charge < -0.3 is 20.1 Å². The van der Waals surface area contributed by atoms with E-state index < -0.39 is 11.7 Å². The van der Waals surface area contributed by atoms with E-state index in [1.807, 2.05) is 0 Å². The maximum Gasteiger partial charge on any atom is 0.255 e. The summed E-state index contributed by atoms with van der Waals surface area (Å²) in [5, 5.41) is 5.06. The molecule has 0 spiro atoms. The van der Waals surface area contributed by atoms with Crippen molar-refractivity contribution in [3.8, 4) is 5.75 Å². The molecule has 0 aliphatic carbocycles. The Bertz CT molecular complexity index is 817. The van der Waals surface area contributed by atoms with Crippen molar-refractivity contribution in [2.24, 2.45) is 0 Å². The van der Waals surface area contributed by atoms with Crippen LogP contribution >= 0.6 is 0 Å². The minimum absolute atomic E-state index is 0.00930. The van der Waals surface area contributed by atoms with Crippen LogP contribution in [0.5, 0.6) is 5.75 Å². The summed E-state index contributed by atoms with van der Waals surface area (Å²) >= 11 is 0. The molecule has 0 aromatic heterocycles. The van der Waals surface area contributed by atoms with E-state index in [-0.39, 0.29) is 17.7 Å². The van der Waals surface area contributed by atoms with E-state index in [1.165, 1.54) is 25.1 Å². The Hall–Kier alpha value is -2.93. The third-order valence-electron chi connectivity index (χ3n) is 4.11. The number of amides is 2. The minimum atomic E-state index is -0.589. The highest BCUT2D eigenvalue weighted by atomic mass is 19.1. The van der Waals surface area contributed by atoms with E-state index in [0.717, 1.165) is 19.4 Å². The fraction of sp³-hybridized carbons (Fsp3) is 0.300. The summed E-state index contributed by atoms with van der Waals surface area (Å²) in [5.41, 5.74) is 0.755. The Morgan fingerprint density at radius 1 is 1.19 bits per heavy atom. The van der Waals surface area contributed by atoms with Crippen molar-refractivity contribution in [3.05, 3.63) is 53.8 Å². The molecule has 0 saturated carbocycles. The normalized spacial score (nSPS) is 16.0. The number of carbonyl (C=O) groups is 2. The standard InChI is InChI=1S/C20H21FN2O4/c1-13(24)22-15-6-9-18(21)19(11-15)23-20(25)14-4-7-16(8-5-14)27-12-17-3-2-10-26-17/h4-9,11,17H,2-3,10,12H2,1H3,(H,22,24)(H,23,25)/t17-/m1/s1. The van der Waals surface area contributed by atoms with Crippen LogP contribution in [-0.4, -0.2) is 31.1 Å². The molecule has 2 N–H and O–H groups in total. The Kier molecular flexibility index (Phi) is 6.03. The van der Waals surface area contributed by atoms with Crippen molar-refractivity contribution in [2.45, 2.75) is 25.9 Å². The lowest BCUT2D eigenvalue weighted by Gasteiger charge is -2.12. The van der Waals surface area contributed by atoms with Gasteiger partial charge in [0.2, 0.25) is 5.91 Å². The summed E-state index contributed by atoms with van der Waals surface area (Å²) in [4.78, 5) is 23.5. The second-order valence-corrected chi connectivity index (χ2v) is 6.30. The van der Waals surface area contributed by atoms with Crippen molar-refractivity contribution >= 4 is 23.2 Å². The first-order chi connectivity index (χ1) is 13.0. The molecule has 6 nitrogen and oxygen atoms in total. The van der Waals surface area contributed by atoms with E-state index >= 15 is 0 Å². The molecule has 1 aliphatic rings. The van der Waals surface area contributed by atoms with Crippen molar-refractivity contribution in [3.63, 3.8) is 0 Å². The van der Waals surface area contributed by atoms with Gasteiger partial charge in [0.25, 0.3) is 5.91 Å². The van der Waals surface area contributed by atoms with Crippen molar-refractivity contribution in [1.82, 2.24) is 0 Å². The summed E-state index contributed by atoms with van der Waals surface area (Å²) in [6.45, 7) is 2.60. The molecular weight excluding hydrogens is 351 g/mol. The average Bonchev–Trinajstić information content (AvgIpc) is 3.16. The van der Waals surface area contributed by atoms with Crippen molar-refractivity contribution in [2.75, 3.05) is 23.8 Å². The molecule has 0 unspecified atom stereocenters. The molecule has 1 heterocycles. The first kappa shape index (κ1) is 18.8. The number of ether oxygens (including phenoxy) is 2. The van der Waals surface area contributed by atoms with Crippen LogP contribution in [0.15, 0.2) is 42.5 Å². The second kappa shape index (κ2) is 8.64. The predicted octanol–water partition coefficient (Wildman–Crippen LogP) is 3.59. The number of carbonyl (C=O) groups excluding carboxylic acids is 2. The number of anilines is 2. The quantitative estimate of drug-likeness (QED) is 0.812. The smallest absolute Gasteiger partial charge is 0.255 e. The highest BCUT2D eigenvalue weighted by molar-refractivity contribution is 6.04. The number of nitrogens with one attached hydrogen (secondary N) is 2. The van der Waals surface area contributed by atoms with E-state index in [1.54, 1.807) is 24.3 Å². The minimum Gasteiger partial charge on any atom is -0.491 e. The molecule has 2 aromatic rings. The van der Waals surface area contributed by atoms with Gasteiger partial charge in [-0.1, -0.05) is 0 Å². The van der Waals surface area contributed by atoms with E-state index in [9.17, 15) is 14.0 Å². The topological polar surface area (TPSA) is 76.7 Å². The Morgan fingerprint density at radius 3 is 2.63 bits per heavy atom. The molecular formula is C20H21FN2O4. The Morgan fingerprint density at radius 2 is 1.96 bits per heavy atom. The van der Waals surface area contributed by atoms with Gasteiger partial charge in [0.05, 0.1) is 11.8 Å². The van der Waals surface area contributed by atoms with Crippen LogP contribution in [0.25, 0.3) is 0 Å². The average molecular weight is 372 g/mol. The Labute approximate surface area is 156 Å². The molecule has 0 bridgehead atoms. The van der Waals surface area contributed by atoms with Crippen LogP contribution in [0.4, 0.5) is 15.8 Å². The summed E-state index contributed by atoms with van der Waals surface area (Å²) in [6, 6.07) is 10.6. The van der Waals surface area contributed by atoms with Crippen molar-refractivity contribution < 1.29 is 23.5 Å². The lowest BCUT2D eigenvalue weighted by molar-refractivity contribution is -0.114. The summed E-state index contributed by atoms with van der Waals surface area (Å²) in [5.74, 6) is -0.688. The number of benzene rings is 2. The first-order valence-electron chi connectivity index (χ1n) is 8.74. The number of hydrogen-bond acceptors (Lipinski definition) is 4. The van der Waals surface area contributed by atoms with E-state index in [0.29, 0.717) is 23.6 Å². The molecule has 142 valence electrons. The largest absolute Gasteiger partial charge is 0.491 e. The van der Waals surface area contributed by atoms with Gasteiger partial charge in [-0.15, -0.1) is 0 Å². The maximum absolute atomic E-state index is 13.9. The molecule has 3 rings (SSSR count). The third-order valence-corrected chi connectivity index (χ3v) is 4.11. The van der Waals surface area contributed by atoms with Crippen LogP contribution in [-0.2, 0) is 9.53 Å². The molecule has 1 aliphatic heterocycles. The zero-order valence-electron chi connectivity index (χ0n) is 15.0. The van der Waals surface area contributed by atoms with Gasteiger partial charge >= 0.3 is 0 Å². The first-order valence-corrected chi connectivity index (χ1v) is 8.74. The monoisotopic (exact) mass is 372 g/mol. The molecule has 2 aromatic carbocycles. The fourth-order valence-electron chi connectivity index (χ4n) is 2.76. The van der Waals surface area contributed by atoms with Crippen molar-refractivity contribution in [1.29, 1.82) is 0 Å². The molecule has 0 radical (unpaired) electrons. The number of rotatable bonds is 6. The fourth-order valence-corrected chi connectivity index (χ4v) is 2.76. The summed E-state index contributed by atoms with van der Waals surface area (Å²) < 4.78 is 25.1. The van der Waals surface area contributed by atoms with Crippen LogP contribution in [0.3, 0.4) is 0 Å². The summed E-state index contributed by atoms with van der Waals surface area (Å²) in [6.07, 6.45) is 2.16. The molecule has 2 amide bonds. The molecule has 27 heavy (non-hydrogen) atoms.